The summed E-state index contributed by atoms with van der Waals surface area (Å²) in [4.78, 5) is 0. The molecule has 0 saturated heterocycles. The van der Waals surface area contributed by atoms with Gasteiger partial charge in [-0.25, -0.2) is 0 Å². The summed E-state index contributed by atoms with van der Waals surface area (Å²) in [6.07, 6.45) is 4.22. The molecule has 1 aliphatic carbocycles. The molecule has 1 aromatic carbocycles. The Hall–Kier alpha value is -0.780. The van der Waals surface area contributed by atoms with Crippen molar-refractivity contribution < 1.29 is 0 Å². The molecule has 0 aliphatic heterocycles. The third-order valence-corrected chi connectivity index (χ3v) is 4.53. The van der Waals surface area contributed by atoms with Gasteiger partial charge < -0.3 is 0 Å². The van der Waals surface area contributed by atoms with Gasteiger partial charge in [0.2, 0.25) is 0 Å². The highest BCUT2D eigenvalue weighted by Gasteiger charge is 2.31. The molecule has 94 valence electrons. The summed E-state index contributed by atoms with van der Waals surface area (Å²) in [5, 5.41) is 0. The van der Waals surface area contributed by atoms with Gasteiger partial charge in [-0.3, -0.25) is 0 Å². The van der Waals surface area contributed by atoms with Crippen LogP contribution in [0.25, 0.3) is 0 Å². The first kappa shape index (κ1) is 12.7. The van der Waals surface area contributed by atoms with Crippen LogP contribution in [0.3, 0.4) is 0 Å². The molecule has 1 aromatic rings. The second-order valence-electron chi connectivity index (χ2n) is 6.34. The molecule has 0 bridgehead atoms. The lowest BCUT2D eigenvalue weighted by atomic mass is 9.67. The van der Waals surface area contributed by atoms with Crippen LogP contribution in [0.2, 0.25) is 0 Å². The van der Waals surface area contributed by atoms with Crippen molar-refractivity contribution in [2.45, 2.75) is 52.9 Å². The van der Waals surface area contributed by atoms with E-state index >= 15 is 0 Å². The van der Waals surface area contributed by atoms with Crippen LogP contribution in [0.15, 0.2) is 24.3 Å². The van der Waals surface area contributed by atoms with E-state index in [9.17, 15) is 0 Å². The molecule has 0 N–H and O–H groups in total. The van der Waals surface area contributed by atoms with Gasteiger partial charge in [0.05, 0.1) is 0 Å². The monoisotopic (exact) mass is 230 g/mol. The van der Waals surface area contributed by atoms with Crippen molar-refractivity contribution in [3.8, 4) is 0 Å². The smallest absolute Gasteiger partial charge is 0.0129 e. The average Bonchev–Trinajstić information content (AvgIpc) is 2.29. The van der Waals surface area contributed by atoms with Gasteiger partial charge in [0.1, 0.15) is 0 Å². The molecule has 0 heterocycles. The largest absolute Gasteiger partial charge is 0.0625 e. The lowest BCUT2D eigenvalue weighted by molar-refractivity contribution is 0.197. The van der Waals surface area contributed by atoms with E-state index in [1.807, 2.05) is 0 Å². The number of aryl methyl sites for hydroxylation is 1. The Kier molecular flexibility index (Phi) is 3.91. The number of hydrogen-bond donors (Lipinski definition) is 0. The highest BCUT2D eigenvalue weighted by atomic mass is 14.4. The zero-order valence-electron chi connectivity index (χ0n) is 11.7. The summed E-state index contributed by atoms with van der Waals surface area (Å²) in [6, 6.07) is 9.25. The van der Waals surface area contributed by atoms with Gasteiger partial charge in [0, 0.05) is 0 Å². The molecular formula is C17H26. The third kappa shape index (κ3) is 2.91. The van der Waals surface area contributed by atoms with Gasteiger partial charge in [0.15, 0.2) is 0 Å². The van der Waals surface area contributed by atoms with Gasteiger partial charge in [-0.1, -0.05) is 57.0 Å². The molecular weight excluding hydrogens is 204 g/mol. The Labute approximate surface area is 106 Å². The molecule has 1 aliphatic rings. The molecule has 1 fully saturated rings. The molecule has 0 heteroatoms. The maximum Gasteiger partial charge on any atom is -0.0129 e. The van der Waals surface area contributed by atoms with Crippen LogP contribution in [0.1, 0.15) is 57.1 Å². The number of hydrogen-bond acceptors (Lipinski definition) is 0. The second kappa shape index (κ2) is 5.25. The SMILES string of the molecule is Cc1ccc([C@@H]2CC(C)CCC2C(C)C)cc1. The Morgan fingerprint density at radius 3 is 2.29 bits per heavy atom. The summed E-state index contributed by atoms with van der Waals surface area (Å²) in [7, 11) is 0. The zero-order chi connectivity index (χ0) is 12.4. The maximum absolute atomic E-state index is 2.41. The lowest BCUT2D eigenvalue weighted by Gasteiger charge is -2.37. The molecule has 2 rings (SSSR count). The van der Waals surface area contributed by atoms with E-state index < -0.39 is 0 Å². The van der Waals surface area contributed by atoms with Gasteiger partial charge in [-0.15, -0.1) is 0 Å². The summed E-state index contributed by atoms with van der Waals surface area (Å²) >= 11 is 0. The minimum atomic E-state index is 0.791. The fourth-order valence-electron chi connectivity index (χ4n) is 3.40. The number of rotatable bonds is 2. The van der Waals surface area contributed by atoms with Crippen molar-refractivity contribution in [3.05, 3.63) is 35.4 Å². The quantitative estimate of drug-likeness (QED) is 0.657. The molecule has 0 spiro atoms. The summed E-state index contributed by atoms with van der Waals surface area (Å²) in [6.45, 7) is 9.37. The summed E-state index contributed by atoms with van der Waals surface area (Å²) in [5.41, 5.74) is 2.94. The molecule has 0 radical (unpaired) electrons. The van der Waals surface area contributed by atoms with Crippen molar-refractivity contribution in [3.63, 3.8) is 0 Å². The van der Waals surface area contributed by atoms with Crippen molar-refractivity contribution in [1.82, 2.24) is 0 Å². The lowest BCUT2D eigenvalue weighted by Crippen LogP contribution is -2.26. The van der Waals surface area contributed by atoms with Crippen LogP contribution >= 0.6 is 0 Å². The highest BCUT2D eigenvalue weighted by molar-refractivity contribution is 5.25. The maximum atomic E-state index is 2.41. The van der Waals surface area contributed by atoms with Crippen molar-refractivity contribution in [2.75, 3.05) is 0 Å². The van der Waals surface area contributed by atoms with Crippen LogP contribution in [-0.2, 0) is 0 Å². The Balaban J connectivity index is 2.22. The predicted molar refractivity (Wildman–Crippen MR) is 75.3 cm³/mol. The van der Waals surface area contributed by atoms with Gasteiger partial charge in [-0.05, 0) is 49.0 Å². The van der Waals surface area contributed by atoms with Crippen molar-refractivity contribution in [1.29, 1.82) is 0 Å². The zero-order valence-corrected chi connectivity index (χ0v) is 11.7. The summed E-state index contributed by atoms with van der Waals surface area (Å²) in [5.74, 6) is 3.39. The highest BCUT2D eigenvalue weighted by Crippen LogP contribution is 2.43. The first-order chi connectivity index (χ1) is 8.08. The minimum Gasteiger partial charge on any atom is -0.0625 e. The minimum absolute atomic E-state index is 0.791. The van der Waals surface area contributed by atoms with Crippen LogP contribution in [-0.4, -0.2) is 0 Å². The van der Waals surface area contributed by atoms with Gasteiger partial charge >= 0.3 is 0 Å². The molecule has 1 saturated carbocycles. The first-order valence-corrected chi connectivity index (χ1v) is 7.14. The van der Waals surface area contributed by atoms with Crippen LogP contribution in [0, 0.1) is 24.7 Å². The fraction of sp³-hybridized carbons (Fsp3) is 0.647. The molecule has 2 unspecified atom stereocenters. The fourth-order valence-corrected chi connectivity index (χ4v) is 3.40. The van der Waals surface area contributed by atoms with Crippen molar-refractivity contribution in [2.24, 2.45) is 17.8 Å². The van der Waals surface area contributed by atoms with Crippen LogP contribution in [0.4, 0.5) is 0 Å². The second-order valence-corrected chi connectivity index (χ2v) is 6.34. The Bertz CT molecular complexity index is 347. The molecule has 0 nitrogen and oxygen atoms in total. The van der Waals surface area contributed by atoms with E-state index in [-0.39, 0.29) is 0 Å². The standard InChI is InChI=1S/C17H26/c1-12(2)16-10-7-14(4)11-17(16)15-8-5-13(3)6-9-15/h5-6,8-9,12,14,16-17H,7,10-11H2,1-4H3/t14?,16?,17-/m0/s1. The van der Waals surface area contributed by atoms with Crippen LogP contribution in [0.5, 0.6) is 0 Å². The molecule has 0 aromatic heterocycles. The molecule has 17 heavy (non-hydrogen) atoms. The van der Waals surface area contributed by atoms with Crippen molar-refractivity contribution >= 4 is 0 Å². The predicted octanol–water partition coefficient (Wildman–Crippen LogP) is 5.17. The first-order valence-electron chi connectivity index (χ1n) is 7.14. The van der Waals surface area contributed by atoms with Gasteiger partial charge in [-0.2, -0.15) is 0 Å². The molecule has 3 atom stereocenters. The van der Waals surface area contributed by atoms with E-state index in [1.165, 1.54) is 24.8 Å². The van der Waals surface area contributed by atoms with E-state index in [0.717, 1.165) is 23.7 Å². The van der Waals surface area contributed by atoms with Gasteiger partial charge in [0.25, 0.3) is 0 Å². The Morgan fingerprint density at radius 2 is 1.71 bits per heavy atom. The summed E-state index contributed by atoms with van der Waals surface area (Å²) < 4.78 is 0. The van der Waals surface area contributed by atoms with E-state index in [4.69, 9.17) is 0 Å². The topological polar surface area (TPSA) is 0 Å². The van der Waals surface area contributed by atoms with E-state index in [1.54, 1.807) is 5.56 Å². The van der Waals surface area contributed by atoms with Crippen LogP contribution < -0.4 is 0 Å². The Morgan fingerprint density at radius 1 is 1.06 bits per heavy atom. The normalized spacial score (nSPS) is 29.6. The number of benzene rings is 1. The van der Waals surface area contributed by atoms with E-state index in [2.05, 4.69) is 52.0 Å². The molecule has 0 amide bonds. The average molecular weight is 230 g/mol. The van der Waals surface area contributed by atoms with E-state index in [0.29, 0.717) is 0 Å². The third-order valence-electron chi connectivity index (χ3n) is 4.53.